The van der Waals surface area contributed by atoms with Crippen molar-refractivity contribution >= 4 is 11.5 Å². The highest BCUT2D eigenvalue weighted by Crippen LogP contribution is 2.22. The fraction of sp³-hybridized carbons (Fsp3) is 0.231. The molecule has 110 valence electrons. The van der Waals surface area contributed by atoms with Crippen molar-refractivity contribution in [3.63, 3.8) is 0 Å². The van der Waals surface area contributed by atoms with Gasteiger partial charge >= 0.3 is 0 Å². The van der Waals surface area contributed by atoms with Crippen LogP contribution >= 0.6 is 0 Å². The molecule has 0 spiro atoms. The molecule has 2 aromatic rings. The summed E-state index contributed by atoms with van der Waals surface area (Å²) < 4.78 is 4.98. The number of nitro benzene ring substituents is 1. The first kappa shape index (κ1) is 14.5. The van der Waals surface area contributed by atoms with E-state index in [-0.39, 0.29) is 17.3 Å². The first-order chi connectivity index (χ1) is 10.0. The van der Waals surface area contributed by atoms with Crippen LogP contribution in [0, 0.1) is 17.0 Å². The van der Waals surface area contributed by atoms with E-state index in [0.717, 1.165) is 5.56 Å². The molecule has 0 bridgehead atoms. The Morgan fingerprint density at radius 1 is 1.48 bits per heavy atom. The Bertz CT molecular complexity index is 726. The van der Waals surface area contributed by atoms with Gasteiger partial charge in [0.2, 0.25) is 5.75 Å². The van der Waals surface area contributed by atoms with Crippen molar-refractivity contribution in [1.29, 1.82) is 0 Å². The molecule has 0 saturated heterocycles. The zero-order valence-electron chi connectivity index (χ0n) is 11.5. The largest absolute Gasteiger partial charge is 0.489 e. The number of methoxy groups -OCH3 is 1. The van der Waals surface area contributed by atoms with Crippen molar-refractivity contribution in [2.75, 3.05) is 12.4 Å². The predicted molar refractivity (Wildman–Crippen MR) is 76.6 cm³/mol. The number of nitro groups is 1. The summed E-state index contributed by atoms with van der Waals surface area (Å²) in [7, 11) is 1.37. The minimum atomic E-state index is -0.426. The standard InChI is InChI=1S/C13H14N4O4/c1-8-9(4-3-5-10(8)17(19)20)6-14-12-11(21-2)13(18)16-7-15-12/h3-5,7H,6H2,1-2H3,(H2,14,15,16,18). The summed E-state index contributed by atoms with van der Waals surface area (Å²) in [5, 5.41) is 13.9. The lowest BCUT2D eigenvalue weighted by Crippen LogP contribution is -2.14. The van der Waals surface area contributed by atoms with Gasteiger partial charge in [-0.1, -0.05) is 12.1 Å². The molecule has 0 aliphatic heterocycles. The molecule has 8 nitrogen and oxygen atoms in total. The predicted octanol–water partition coefficient (Wildman–Crippen LogP) is 1.61. The Balaban J connectivity index is 2.25. The Morgan fingerprint density at radius 3 is 2.90 bits per heavy atom. The van der Waals surface area contributed by atoms with Gasteiger partial charge in [0.15, 0.2) is 5.82 Å². The Labute approximate surface area is 120 Å². The zero-order chi connectivity index (χ0) is 15.4. The van der Waals surface area contributed by atoms with Gasteiger partial charge in [-0.3, -0.25) is 14.9 Å². The van der Waals surface area contributed by atoms with Gasteiger partial charge in [0.05, 0.1) is 18.4 Å². The Hall–Kier alpha value is -2.90. The molecule has 21 heavy (non-hydrogen) atoms. The van der Waals surface area contributed by atoms with Crippen LogP contribution in [0.1, 0.15) is 11.1 Å². The highest BCUT2D eigenvalue weighted by molar-refractivity contribution is 5.50. The van der Waals surface area contributed by atoms with Crippen LogP contribution in [0.15, 0.2) is 29.3 Å². The second kappa shape index (κ2) is 6.04. The van der Waals surface area contributed by atoms with E-state index >= 15 is 0 Å². The summed E-state index contributed by atoms with van der Waals surface area (Å²) >= 11 is 0. The van der Waals surface area contributed by atoms with Crippen LogP contribution in [-0.4, -0.2) is 22.0 Å². The average Bonchev–Trinajstić information content (AvgIpc) is 2.46. The topological polar surface area (TPSA) is 110 Å². The van der Waals surface area contributed by atoms with Gasteiger partial charge in [0, 0.05) is 18.2 Å². The van der Waals surface area contributed by atoms with Crippen LogP contribution in [0.2, 0.25) is 0 Å². The molecular formula is C13H14N4O4. The van der Waals surface area contributed by atoms with Gasteiger partial charge in [-0.05, 0) is 12.5 Å². The average molecular weight is 290 g/mol. The molecule has 2 N–H and O–H groups in total. The number of hydrogen-bond acceptors (Lipinski definition) is 6. The third kappa shape index (κ3) is 2.99. The summed E-state index contributed by atoms with van der Waals surface area (Å²) in [4.78, 5) is 28.4. The van der Waals surface area contributed by atoms with Gasteiger partial charge in [-0.2, -0.15) is 0 Å². The maximum atomic E-state index is 11.5. The van der Waals surface area contributed by atoms with Crippen molar-refractivity contribution in [3.05, 3.63) is 56.1 Å². The molecule has 0 saturated carbocycles. The lowest BCUT2D eigenvalue weighted by Gasteiger charge is -2.10. The maximum absolute atomic E-state index is 11.5. The first-order valence-corrected chi connectivity index (χ1v) is 6.13. The molecule has 0 amide bonds. The molecule has 0 unspecified atom stereocenters. The molecule has 1 heterocycles. The number of benzene rings is 1. The molecule has 0 radical (unpaired) electrons. The van der Waals surface area contributed by atoms with E-state index in [4.69, 9.17) is 4.74 Å². The van der Waals surface area contributed by atoms with Gasteiger partial charge in [0.25, 0.3) is 11.2 Å². The normalized spacial score (nSPS) is 10.2. The molecule has 0 atom stereocenters. The molecule has 8 heteroatoms. The summed E-state index contributed by atoms with van der Waals surface area (Å²) in [6.45, 7) is 1.97. The van der Waals surface area contributed by atoms with Gasteiger partial charge in [-0.25, -0.2) is 4.98 Å². The number of nitrogens with zero attached hydrogens (tertiary/aromatic N) is 2. The summed E-state index contributed by atoms with van der Waals surface area (Å²) in [5.74, 6) is 0.354. The molecular weight excluding hydrogens is 276 g/mol. The number of aromatic amines is 1. The van der Waals surface area contributed by atoms with Crippen LogP contribution in [0.4, 0.5) is 11.5 Å². The van der Waals surface area contributed by atoms with Crippen molar-refractivity contribution < 1.29 is 9.66 Å². The van der Waals surface area contributed by atoms with Crippen molar-refractivity contribution in [1.82, 2.24) is 9.97 Å². The van der Waals surface area contributed by atoms with Crippen LogP contribution in [-0.2, 0) is 6.54 Å². The molecule has 2 rings (SSSR count). The van der Waals surface area contributed by atoms with E-state index < -0.39 is 10.5 Å². The van der Waals surface area contributed by atoms with Crippen molar-refractivity contribution in [2.45, 2.75) is 13.5 Å². The number of ether oxygens (including phenoxy) is 1. The minimum Gasteiger partial charge on any atom is -0.489 e. The monoisotopic (exact) mass is 290 g/mol. The molecule has 0 fully saturated rings. The Morgan fingerprint density at radius 2 is 2.24 bits per heavy atom. The summed E-state index contributed by atoms with van der Waals surface area (Å²) in [6.07, 6.45) is 1.26. The number of anilines is 1. The van der Waals surface area contributed by atoms with Crippen LogP contribution in [0.3, 0.4) is 0 Å². The molecule has 0 aliphatic rings. The second-order valence-corrected chi connectivity index (χ2v) is 4.29. The zero-order valence-corrected chi connectivity index (χ0v) is 11.5. The highest BCUT2D eigenvalue weighted by atomic mass is 16.6. The van der Waals surface area contributed by atoms with Crippen molar-refractivity contribution in [2.24, 2.45) is 0 Å². The van der Waals surface area contributed by atoms with E-state index in [2.05, 4.69) is 15.3 Å². The van der Waals surface area contributed by atoms with Crippen LogP contribution < -0.4 is 15.6 Å². The second-order valence-electron chi connectivity index (χ2n) is 4.29. The number of nitrogens with one attached hydrogen (secondary N) is 2. The van der Waals surface area contributed by atoms with Crippen LogP contribution in [0.25, 0.3) is 0 Å². The highest BCUT2D eigenvalue weighted by Gasteiger charge is 2.14. The van der Waals surface area contributed by atoms with E-state index in [1.807, 2.05) is 0 Å². The fourth-order valence-electron chi connectivity index (χ4n) is 1.94. The van der Waals surface area contributed by atoms with E-state index in [9.17, 15) is 14.9 Å². The fourth-order valence-corrected chi connectivity index (χ4v) is 1.94. The maximum Gasteiger partial charge on any atom is 0.295 e. The minimum absolute atomic E-state index is 0.0557. The van der Waals surface area contributed by atoms with Crippen molar-refractivity contribution in [3.8, 4) is 5.75 Å². The molecule has 1 aromatic heterocycles. The third-order valence-corrected chi connectivity index (χ3v) is 3.08. The van der Waals surface area contributed by atoms with E-state index in [1.54, 1.807) is 19.1 Å². The van der Waals surface area contributed by atoms with Gasteiger partial charge in [0.1, 0.15) is 0 Å². The SMILES string of the molecule is COc1c(NCc2cccc([N+](=O)[O-])c2C)nc[nH]c1=O. The smallest absolute Gasteiger partial charge is 0.295 e. The number of aromatic nitrogens is 2. The van der Waals surface area contributed by atoms with E-state index in [0.29, 0.717) is 12.1 Å². The molecule has 0 aliphatic carbocycles. The number of H-pyrrole nitrogens is 1. The molecule has 1 aromatic carbocycles. The first-order valence-electron chi connectivity index (χ1n) is 6.13. The van der Waals surface area contributed by atoms with Gasteiger partial charge < -0.3 is 15.0 Å². The lowest BCUT2D eigenvalue weighted by atomic mass is 10.1. The quantitative estimate of drug-likeness (QED) is 0.639. The Kier molecular flexibility index (Phi) is 4.17. The van der Waals surface area contributed by atoms with Crippen LogP contribution in [0.5, 0.6) is 5.75 Å². The lowest BCUT2D eigenvalue weighted by molar-refractivity contribution is -0.385. The van der Waals surface area contributed by atoms with E-state index in [1.165, 1.54) is 19.5 Å². The summed E-state index contributed by atoms with van der Waals surface area (Å²) in [5.41, 5.74) is 0.970. The summed E-state index contributed by atoms with van der Waals surface area (Å²) in [6, 6.07) is 4.84. The number of rotatable bonds is 5. The van der Waals surface area contributed by atoms with Gasteiger partial charge in [-0.15, -0.1) is 0 Å². The number of hydrogen-bond donors (Lipinski definition) is 2. The third-order valence-electron chi connectivity index (χ3n) is 3.08.